The van der Waals surface area contributed by atoms with Gasteiger partial charge in [-0.25, -0.2) is 0 Å². The minimum absolute atomic E-state index is 0.880. The number of anilines is 1. The molecule has 0 atom stereocenters. The van der Waals surface area contributed by atoms with Gasteiger partial charge in [-0.2, -0.15) is 0 Å². The Morgan fingerprint density at radius 2 is 2.33 bits per heavy atom. The molecule has 12 heavy (non-hydrogen) atoms. The summed E-state index contributed by atoms with van der Waals surface area (Å²) in [7, 11) is 4.12. The monoisotopic (exact) mass is 183 g/mol. The number of nitrogens with zero attached hydrogens (tertiary/aromatic N) is 1. The summed E-state index contributed by atoms with van der Waals surface area (Å²) in [5, 5.41) is 3.47. The summed E-state index contributed by atoms with van der Waals surface area (Å²) in [4.78, 5) is 2.12. The molecule has 1 aliphatic heterocycles. The summed E-state index contributed by atoms with van der Waals surface area (Å²) in [5.74, 6) is 1.12. The second-order valence-electron chi connectivity index (χ2n) is 3.24. The Bertz CT molecular complexity index is 280. The molecule has 0 radical (unpaired) electrons. The summed E-state index contributed by atoms with van der Waals surface area (Å²) in [6.07, 6.45) is 2.34. The highest BCUT2D eigenvalue weighted by molar-refractivity contribution is 7.14. The zero-order valence-electron chi connectivity index (χ0n) is 7.46. The molecule has 1 aromatic heterocycles. The molecule has 0 saturated carbocycles. The van der Waals surface area contributed by atoms with E-state index in [4.69, 9.17) is 4.74 Å². The van der Waals surface area contributed by atoms with Crippen molar-refractivity contribution >= 4 is 16.3 Å². The highest BCUT2D eigenvalue weighted by atomic mass is 32.1. The van der Waals surface area contributed by atoms with Crippen LogP contribution in [0, 0.1) is 0 Å². The zero-order chi connectivity index (χ0) is 8.55. The van der Waals surface area contributed by atoms with E-state index in [2.05, 4.69) is 24.4 Å². The molecule has 1 aromatic rings. The van der Waals surface area contributed by atoms with Crippen molar-refractivity contribution < 1.29 is 4.74 Å². The quantitative estimate of drug-likeness (QED) is 0.661. The SMILES string of the molecule is CN(C)c1scc2c1OCCC2. The van der Waals surface area contributed by atoms with Crippen molar-refractivity contribution in [3.8, 4) is 5.75 Å². The molecule has 0 unspecified atom stereocenters. The molecule has 0 spiro atoms. The highest BCUT2D eigenvalue weighted by Crippen LogP contribution is 2.40. The first-order chi connectivity index (χ1) is 5.79. The number of thiophene rings is 1. The van der Waals surface area contributed by atoms with Gasteiger partial charge in [-0.3, -0.25) is 0 Å². The van der Waals surface area contributed by atoms with E-state index in [9.17, 15) is 0 Å². The van der Waals surface area contributed by atoms with Gasteiger partial charge in [0.2, 0.25) is 0 Å². The van der Waals surface area contributed by atoms with Crippen LogP contribution in [-0.4, -0.2) is 20.7 Å². The van der Waals surface area contributed by atoms with Crippen LogP contribution >= 0.6 is 11.3 Å². The predicted octanol–water partition coefficient (Wildman–Crippen LogP) is 2.14. The lowest BCUT2D eigenvalue weighted by Crippen LogP contribution is -2.12. The van der Waals surface area contributed by atoms with Gasteiger partial charge in [0.05, 0.1) is 6.61 Å². The maximum atomic E-state index is 5.62. The molecule has 3 heteroatoms. The van der Waals surface area contributed by atoms with E-state index in [-0.39, 0.29) is 0 Å². The van der Waals surface area contributed by atoms with Crippen LogP contribution in [0.25, 0.3) is 0 Å². The molecule has 0 aromatic carbocycles. The average Bonchev–Trinajstić information content (AvgIpc) is 2.47. The van der Waals surface area contributed by atoms with E-state index in [1.165, 1.54) is 17.0 Å². The normalized spacial score (nSPS) is 15.2. The molecule has 2 nitrogen and oxygen atoms in total. The number of hydrogen-bond donors (Lipinski definition) is 0. The lowest BCUT2D eigenvalue weighted by molar-refractivity contribution is 0.291. The standard InChI is InChI=1S/C9H13NOS/c1-10(2)9-8-7(6-12-9)4-3-5-11-8/h6H,3-5H2,1-2H3. The molecule has 0 fully saturated rings. The van der Waals surface area contributed by atoms with E-state index >= 15 is 0 Å². The third kappa shape index (κ3) is 1.18. The molecule has 0 N–H and O–H groups in total. The van der Waals surface area contributed by atoms with Crippen molar-refractivity contribution in [2.45, 2.75) is 12.8 Å². The van der Waals surface area contributed by atoms with Crippen LogP contribution in [0.15, 0.2) is 5.38 Å². The van der Waals surface area contributed by atoms with Crippen molar-refractivity contribution in [2.24, 2.45) is 0 Å². The number of hydrogen-bond acceptors (Lipinski definition) is 3. The van der Waals surface area contributed by atoms with Gasteiger partial charge < -0.3 is 9.64 Å². The number of rotatable bonds is 1. The number of aryl methyl sites for hydroxylation is 1. The molecular formula is C9H13NOS. The molecule has 66 valence electrons. The van der Waals surface area contributed by atoms with Gasteiger partial charge in [0, 0.05) is 19.7 Å². The third-order valence-corrected chi connectivity index (χ3v) is 3.22. The van der Waals surface area contributed by atoms with Crippen LogP contribution in [0.1, 0.15) is 12.0 Å². The van der Waals surface area contributed by atoms with Crippen molar-refractivity contribution in [3.63, 3.8) is 0 Å². The number of ether oxygens (including phenoxy) is 1. The Hall–Kier alpha value is -0.700. The Morgan fingerprint density at radius 3 is 3.08 bits per heavy atom. The summed E-state index contributed by atoms with van der Waals surface area (Å²) in [6.45, 7) is 0.880. The third-order valence-electron chi connectivity index (χ3n) is 2.04. The van der Waals surface area contributed by atoms with Gasteiger partial charge in [-0.1, -0.05) is 0 Å². The fourth-order valence-corrected chi connectivity index (χ4v) is 2.43. The van der Waals surface area contributed by atoms with Crippen molar-refractivity contribution in [1.29, 1.82) is 0 Å². The van der Waals surface area contributed by atoms with E-state index < -0.39 is 0 Å². The molecule has 2 rings (SSSR count). The van der Waals surface area contributed by atoms with Gasteiger partial charge in [-0.15, -0.1) is 11.3 Å². The van der Waals surface area contributed by atoms with E-state index in [0.717, 1.165) is 18.8 Å². The summed E-state index contributed by atoms with van der Waals surface area (Å²) < 4.78 is 5.62. The first kappa shape index (κ1) is 7.92. The second-order valence-corrected chi connectivity index (χ2v) is 4.10. The fraction of sp³-hybridized carbons (Fsp3) is 0.556. The molecule has 0 bridgehead atoms. The van der Waals surface area contributed by atoms with Crippen LogP contribution < -0.4 is 9.64 Å². The maximum Gasteiger partial charge on any atom is 0.156 e. The lowest BCUT2D eigenvalue weighted by Gasteiger charge is -2.18. The molecule has 1 aliphatic rings. The van der Waals surface area contributed by atoms with E-state index in [1.54, 1.807) is 11.3 Å². The van der Waals surface area contributed by atoms with E-state index in [0.29, 0.717) is 0 Å². The first-order valence-electron chi connectivity index (χ1n) is 4.19. The Labute approximate surface area is 76.8 Å². The molecular weight excluding hydrogens is 170 g/mol. The Morgan fingerprint density at radius 1 is 1.50 bits per heavy atom. The van der Waals surface area contributed by atoms with Crippen LogP contribution in [0.5, 0.6) is 5.75 Å². The molecule has 0 aliphatic carbocycles. The topological polar surface area (TPSA) is 12.5 Å². The van der Waals surface area contributed by atoms with Gasteiger partial charge in [0.1, 0.15) is 5.00 Å². The Kier molecular flexibility index (Phi) is 1.97. The lowest BCUT2D eigenvalue weighted by atomic mass is 10.1. The minimum Gasteiger partial charge on any atom is -0.490 e. The molecule has 0 saturated heterocycles. The molecule has 0 amide bonds. The average molecular weight is 183 g/mol. The first-order valence-corrected chi connectivity index (χ1v) is 5.07. The maximum absolute atomic E-state index is 5.62. The summed E-state index contributed by atoms with van der Waals surface area (Å²) in [5.41, 5.74) is 1.38. The van der Waals surface area contributed by atoms with Crippen molar-refractivity contribution in [1.82, 2.24) is 0 Å². The predicted molar refractivity (Wildman–Crippen MR) is 52.5 cm³/mol. The fourth-order valence-electron chi connectivity index (χ4n) is 1.44. The summed E-state index contributed by atoms with van der Waals surface area (Å²) in [6, 6.07) is 0. The second kappa shape index (κ2) is 2.98. The largest absolute Gasteiger partial charge is 0.490 e. The van der Waals surface area contributed by atoms with Crippen LogP contribution in [0.4, 0.5) is 5.00 Å². The Balaban J connectivity index is 2.38. The van der Waals surface area contributed by atoms with Crippen LogP contribution in [0.2, 0.25) is 0 Å². The van der Waals surface area contributed by atoms with Gasteiger partial charge in [-0.05, 0) is 18.2 Å². The zero-order valence-corrected chi connectivity index (χ0v) is 8.28. The van der Waals surface area contributed by atoms with Crippen LogP contribution in [-0.2, 0) is 6.42 Å². The van der Waals surface area contributed by atoms with Crippen LogP contribution in [0.3, 0.4) is 0 Å². The van der Waals surface area contributed by atoms with Gasteiger partial charge in [0.25, 0.3) is 0 Å². The van der Waals surface area contributed by atoms with Crippen molar-refractivity contribution in [3.05, 3.63) is 10.9 Å². The van der Waals surface area contributed by atoms with Gasteiger partial charge >= 0.3 is 0 Å². The van der Waals surface area contributed by atoms with E-state index in [1.807, 2.05) is 0 Å². The van der Waals surface area contributed by atoms with Crippen molar-refractivity contribution in [2.75, 3.05) is 25.6 Å². The molecule has 2 heterocycles. The minimum atomic E-state index is 0.880. The summed E-state index contributed by atoms with van der Waals surface area (Å²) >= 11 is 1.77. The van der Waals surface area contributed by atoms with Gasteiger partial charge in [0.15, 0.2) is 5.75 Å². The number of fused-ring (bicyclic) bond motifs is 1. The smallest absolute Gasteiger partial charge is 0.156 e. The highest BCUT2D eigenvalue weighted by Gasteiger charge is 2.17.